The number of rotatable bonds is 3. The Bertz CT molecular complexity index is 655. The second-order valence-corrected chi connectivity index (χ2v) is 6.80. The van der Waals surface area contributed by atoms with Crippen molar-refractivity contribution >= 4 is 10.0 Å². The summed E-state index contributed by atoms with van der Waals surface area (Å²) in [7, 11) is -3.46. The summed E-state index contributed by atoms with van der Waals surface area (Å²) in [6.07, 6.45) is 8.22. The molecular weight excluding hydrogens is 276 g/mol. The molecule has 0 saturated carbocycles. The van der Waals surface area contributed by atoms with Crippen LogP contribution in [0.2, 0.25) is 0 Å². The van der Waals surface area contributed by atoms with Crippen LogP contribution in [0.3, 0.4) is 0 Å². The average Bonchev–Trinajstić information content (AvgIpc) is 3.03. The third-order valence-electron chi connectivity index (χ3n) is 3.56. The van der Waals surface area contributed by atoms with Crippen molar-refractivity contribution in [2.24, 2.45) is 0 Å². The van der Waals surface area contributed by atoms with Crippen LogP contribution in [0.1, 0.15) is 24.6 Å². The van der Waals surface area contributed by atoms with E-state index in [2.05, 4.69) is 15.0 Å². The molecule has 0 spiro atoms. The van der Waals surface area contributed by atoms with Gasteiger partial charge in [0.15, 0.2) is 0 Å². The Morgan fingerprint density at radius 2 is 2.25 bits per heavy atom. The van der Waals surface area contributed by atoms with Crippen molar-refractivity contribution in [3.05, 3.63) is 42.7 Å². The number of sulfonamides is 1. The van der Waals surface area contributed by atoms with Gasteiger partial charge in [-0.15, -0.1) is 0 Å². The normalized spacial score (nSPS) is 20.9. The minimum atomic E-state index is -3.46. The average molecular weight is 292 g/mol. The van der Waals surface area contributed by atoms with Crippen LogP contribution >= 0.6 is 0 Å². The van der Waals surface area contributed by atoms with Crippen LogP contribution in [0.25, 0.3) is 0 Å². The molecule has 1 N–H and O–H groups in total. The van der Waals surface area contributed by atoms with Crippen molar-refractivity contribution in [3.8, 4) is 0 Å². The van der Waals surface area contributed by atoms with E-state index >= 15 is 0 Å². The number of aromatic nitrogens is 3. The lowest BCUT2D eigenvalue weighted by Gasteiger charge is -2.30. The number of hydrogen-bond donors (Lipinski definition) is 1. The summed E-state index contributed by atoms with van der Waals surface area (Å²) in [5.41, 5.74) is 0. The first-order valence-electron chi connectivity index (χ1n) is 6.57. The van der Waals surface area contributed by atoms with Gasteiger partial charge in [-0.2, -0.15) is 4.31 Å². The second kappa shape index (κ2) is 5.34. The molecule has 1 fully saturated rings. The topological polar surface area (TPSA) is 79.0 Å². The third kappa shape index (κ3) is 2.46. The highest BCUT2D eigenvalue weighted by atomic mass is 32.2. The Balaban J connectivity index is 1.84. The molecule has 1 unspecified atom stereocenters. The van der Waals surface area contributed by atoms with Gasteiger partial charge in [0.25, 0.3) is 0 Å². The van der Waals surface area contributed by atoms with E-state index in [0.717, 1.165) is 18.7 Å². The Hall–Kier alpha value is -1.73. The van der Waals surface area contributed by atoms with Crippen LogP contribution in [0.15, 0.2) is 41.8 Å². The first-order chi connectivity index (χ1) is 9.68. The summed E-state index contributed by atoms with van der Waals surface area (Å²) in [5.74, 6) is 0.987. The Morgan fingerprint density at radius 3 is 2.95 bits per heavy atom. The van der Waals surface area contributed by atoms with Gasteiger partial charge in [-0.1, -0.05) is 0 Å². The molecule has 0 amide bonds. The van der Waals surface area contributed by atoms with Gasteiger partial charge in [-0.05, 0) is 25.0 Å². The minimum absolute atomic E-state index is 0.130. The summed E-state index contributed by atoms with van der Waals surface area (Å²) in [5, 5.41) is 0. The molecule has 106 valence electrons. The van der Waals surface area contributed by atoms with E-state index in [1.54, 1.807) is 30.7 Å². The van der Waals surface area contributed by atoms with E-state index in [-0.39, 0.29) is 10.8 Å². The van der Waals surface area contributed by atoms with Crippen LogP contribution in [0, 0.1) is 0 Å². The fraction of sp³-hybridized carbons (Fsp3) is 0.385. The van der Waals surface area contributed by atoms with Crippen molar-refractivity contribution in [1.29, 1.82) is 0 Å². The standard InChI is InChI=1S/C13H16N4O2S/c18-20(19,12-4-1-5-14-9-12)17-8-2-3-11(10-17)13-15-6-7-16-13/h1,4-7,9,11H,2-3,8,10H2,(H,15,16). The molecule has 0 radical (unpaired) electrons. The monoisotopic (exact) mass is 292 g/mol. The van der Waals surface area contributed by atoms with Crippen LogP contribution < -0.4 is 0 Å². The Labute approximate surface area is 117 Å². The molecule has 2 aromatic rings. The number of imidazole rings is 1. The summed E-state index contributed by atoms with van der Waals surface area (Å²) >= 11 is 0. The van der Waals surface area contributed by atoms with Gasteiger partial charge in [0.1, 0.15) is 10.7 Å². The molecular formula is C13H16N4O2S. The van der Waals surface area contributed by atoms with Crippen molar-refractivity contribution in [2.45, 2.75) is 23.7 Å². The molecule has 20 heavy (non-hydrogen) atoms. The van der Waals surface area contributed by atoms with Gasteiger partial charge < -0.3 is 4.98 Å². The molecule has 0 bridgehead atoms. The zero-order chi connectivity index (χ0) is 14.0. The number of pyridine rings is 1. The lowest BCUT2D eigenvalue weighted by Crippen LogP contribution is -2.39. The highest BCUT2D eigenvalue weighted by Crippen LogP contribution is 2.28. The molecule has 1 aliphatic rings. The number of piperidine rings is 1. The van der Waals surface area contributed by atoms with Crippen LogP contribution in [-0.4, -0.2) is 40.8 Å². The molecule has 1 aliphatic heterocycles. The molecule has 1 atom stereocenters. The molecule has 1 saturated heterocycles. The SMILES string of the molecule is O=S(=O)(c1cccnc1)N1CCCC(c2ncc[nH]2)C1. The molecule has 2 aromatic heterocycles. The van der Waals surface area contributed by atoms with Crippen LogP contribution in [0.5, 0.6) is 0 Å². The van der Waals surface area contributed by atoms with E-state index < -0.39 is 10.0 Å². The largest absolute Gasteiger partial charge is 0.348 e. The number of nitrogens with zero attached hydrogens (tertiary/aromatic N) is 3. The van der Waals surface area contributed by atoms with Crippen LogP contribution in [-0.2, 0) is 10.0 Å². The lowest BCUT2D eigenvalue weighted by atomic mass is 9.99. The van der Waals surface area contributed by atoms with E-state index in [1.165, 1.54) is 10.5 Å². The molecule has 7 heteroatoms. The van der Waals surface area contributed by atoms with Crippen molar-refractivity contribution in [1.82, 2.24) is 19.3 Å². The van der Waals surface area contributed by atoms with E-state index in [0.29, 0.717) is 13.1 Å². The van der Waals surface area contributed by atoms with Gasteiger partial charge in [-0.25, -0.2) is 13.4 Å². The lowest BCUT2D eigenvalue weighted by molar-refractivity contribution is 0.310. The summed E-state index contributed by atoms with van der Waals surface area (Å²) in [6, 6.07) is 3.22. The maximum Gasteiger partial charge on any atom is 0.244 e. The van der Waals surface area contributed by atoms with Crippen molar-refractivity contribution in [2.75, 3.05) is 13.1 Å². The maximum absolute atomic E-state index is 12.6. The van der Waals surface area contributed by atoms with Gasteiger partial charge in [0.05, 0.1) is 0 Å². The zero-order valence-corrected chi connectivity index (χ0v) is 11.8. The highest BCUT2D eigenvalue weighted by molar-refractivity contribution is 7.89. The van der Waals surface area contributed by atoms with Gasteiger partial charge >= 0.3 is 0 Å². The van der Waals surface area contributed by atoms with E-state index in [9.17, 15) is 8.42 Å². The highest BCUT2D eigenvalue weighted by Gasteiger charge is 2.31. The van der Waals surface area contributed by atoms with Crippen molar-refractivity contribution < 1.29 is 8.42 Å². The summed E-state index contributed by atoms with van der Waals surface area (Å²) < 4.78 is 26.6. The first kappa shape index (κ1) is 13.3. The van der Waals surface area contributed by atoms with E-state index in [4.69, 9.17) is 0 Å². The molecule has 0 aliphatic carbocycles. The zero-order valence-electron chi connectivity index (χ0n) is 10.9. The maximum atomic E-state index is 12.6. The van der Waals surface area contributed by atoms with Crippen LogP contribution in [0.4, 0.5) is 0 Å². The van der Waals surface area contributed by atoms with Gasteiger partial charge in [0.2, 0.25) is 10.0 Å². The molecule has 0 aromatic carbocycles. The molecule has 3 heterocycles. The first-order valence-corrected chi connectivity index (χ1v) is 8.01. The minimum Gasteiger partial charge on any atom is -0.348 e. The fourth-order valence-electron chi connectivity index (χ4n) is 2.53. The quantitative estimate of drug-likeness (QED) is 0.926. The predicted octanol–water partition coefficient (Wildman–Crippen LogP) is 1.37. The third-order valence-corrected chi connectivity index (χ3v) is 5.41. The predicted molar refractivity (Wildman–Crippen MR) is 73.6 cm³/mol. The fourth-order valence-corrected chi connectivity index (χ4v) is 4.02. The molecule has 6 nitrogen and oxygen atoms in total. The Morgan fingerprint density at radius 1 is 1.35 bits per heavy atom. The van der Waals surface area contributed by atoms with Gasteiger partial charge in [0, 0.05) is 43.8 Å². The smallest absolute Gasteiger partial charge is 0.244 e. The number of H-pyrrole nitrogens is 1. The van der Waals surface area contributed by atoms with Crippen molar-refractivity contribution in [3.63, 3.8) is 0 Å². The Kier molecular flexibility index (Phi) is 3.54. The summed E-state index contributed by atoms with van der Waals surface area (Å²) in [4.78, 5) is 11.5. The number of hydrogen-bond acceptors (Lipinski definition) is 4. The second-order valence-electron chi connectivity index (χ2n) is 4.87. The number of nitrogens with one attached hydrogen (secondary N) is 1. The molecule has 3 rings (SSSR count). The van der Waals surface area contributed by atoms with E-state index in [1.807, 2.05) is 0 Å². The number of aromatic amines is 1. The summed E-state index contributed by atoms with van der Waals surface area (Å²) in [6.45, 7) is 1.01. The van der Waals surface area contributed by atoms with Gasteiger partial charge in [-0.3, -0.25) is 4.98 Å².